The van der Waals surface area contributed by atoms with E-state index in [1.165, 1.54) is 17.6 Å². The Hall–Kier alpha value is -2.70. The Labute approximate surface area is 217 Å². The van der Waals surface area contributed by atoms with Crippen LogP contribution in [0.2, 0.25) is 0 Å². The number of nitriles is 1. The molecule has 7 nitrogen and oxygen atoms in total. The molecule has 2 aromatic rings. The van der Waals surface area contributed by atoms with E-state index >= 15 is 0 Å². The lowest BCUT2D eigenvalue weighted by atomic mass is 9.89. The summed E-state index contributed by atoms with van der Waals surface area (Å²) in [6.45, 7) is 5.45. The number of carbonyl (C=O) groups is 2. The van der Waals surface area contributed by atoms with Gasteiger partial charge in [0.15, 0.2) is 15.6 Å². The maximum atomic E-state index is 13.4. The second kappa shape index (κ2) is 9.98. The van der Waals surface area contributed by atoms with Crippen molar-refractivity contribution in [2.75, 3.05) is 6.26 Å². The number of amides is 1. The molecule has 0 spiro atoms. The van der Waals surface area contributed by atoms with Crippen LogP contribution in [0.5, 0.6) is 0 Å². The third-order valence-electron chi connectivity index (χ3n) is 6.83. The number of sulfone groups is 1. The highest BCUT2D eigenvalue weighted by molar-refractivity contribution is 7.90. The SMILES string of the molecule is CC(C)(C)OC(=O)N1[C@@H]2CC[C@@H](C2)[C@H]1C(=O)C[C@H](C#N)Cc1ccc(-c2ccc(S(C)(=O)=O)cc2)s1. The molecule has 2 heterocycles. The number of likely N-dealkylation sites (tertiary alicyclic amines) is 1. The fourth-order valence-electron chi connectivity index (χ4n) is 5.26. The van der Waals surface area contributed by atoms with Gasteiger partial charge in [-0.15, -0.1) is 11.3 Å². The molecule has 4 atom stereocenters. The molecule has 2 fully saturated rings. The zero-order chi connectivity index (χ0) is 26.3. The summed E-state index contributed by atoms with van der Waals surface area (Å²) in [6, 6.07) is 12.4. The molecule has 36 heavy (non-hydrogen) atoms. The number of hydrogen-bond donors (Lipinski definition) is 0. The van der Waals surface area contributed by atoms with Gasteiger partial charge < -0.3 is 4.74 Å². The first-order chi connectivity index (χ1) is 16.9. The van der Waals surface area contributed by atoms with E-state index in [1.54, 1.807) is 29.2 Å². The normalized spacial score (nSPS) is 22.3. The summed E-state index contributed by atoms with van der Waals surface area (Å²) in [5.41, 5.74) is 0.266. The lowest BCUT2D eigenvalue weighted by Gasteiger charge is -2.35. The van der Waals surface area contributed by atoms with Crippen molar-refractivity contribution in [2.24, 2.45) is 11.8 Å². The molecule has 1 aromatic carbocycles. The number of carbonyl (C=O) groups excluding carboxylic acids is 2. The fraction of sp³-hybridized carbons (Fsp3) is 0.519. The first-order valence-electron chi connectivity index (χ1n) is 12.2. The van der Waals surface area contributed by atoms with Gasteiger partial charge in [-0.3, -0.25) is 9.69 Å². The highest BCUT2D eigenvalue weighted by Crippen LogP contribution is 2.44. The Morgan fingerprint density at radius 3 is 2.47 bits per heavy atom. The van der Waals surface area contributed by atoms with E-state index in [-0.39, 0.29) is 29.1 Å². The van der Waals surface area contributed by atoms with Crippen LogP contribution in [0.4, 0.5) is 4.79 Å². The first-order valence-corrected chi connectivity index (χ1v) is 14.9. The molecule has 1 saturated heterocycles. The summed E-state index contributed by atoms with van der Waals surface area (Å²) >= 11 is 1.53. The number of Topliss-reactive ketones (excluding diaryl/α,β-unsaturated/α-hetero) is 1. The van der Waals surface area contributed by atoms with Crippen LogP contribution in [0.15, 0.2) is 41.3 Å². The van der Waals surface area contributed by atoms with E-state index in [0.717, 1.165) is 34.6 Å². The minimum absolute atomic E-state index is 0.0354. The third kappa shape index (κ3) is 5.81. The zero-order valence-corrected chi connectivity index (χ0v) is 22.7. The Bertz CT molecular complexity index is 1280. The maximum absolute atomic E-state index is 13.4. The Morgan fingerprint density at radius 1 is 1.17 bits per heavy atom. The molecule has 1 aliphatic heterocycles. The fourth-order valence-corrected chi connectivity index (χ4v) is 6.98. The van der Waals surface area contributed by atoms with Crippen molar-refractivity contribution in [3.63, 3.8) is 0 Å². The number of hydrogen-bond acceptors (Lipinski definition) is 7. The monoisotopic (exact) mass is 528 g/mol. The van der Waals surface area contributed by atoms with Crippen molar-refractivity contribution in [2.45, 2.75) is 75.5 Å². The number of ketones is 1. The van der Waals surface area contributed by atoms with Crippen LogP contribution in [0.1, 0.15) is 51.3 Å². The molecule has 9 heteroatoms. The van der Waals surface area contributed by atoms with Gasteiger partial charge in [0.05, 0.1) is 22.9 Å². The summed E-state index contributed by atoms with van der Waals surface area (Å²) in [6.07, 6.45) is 3.91. The van der Waals surface area contributed by atoms with Gasteiger partial charge >= 0.3 is 6.09 Å². The maximum Gasteiger partial charge on any atom is 0.411 e. The Morgan fingerprint density at radius 2 is 1.86 bits per heavy atom. The van der Waals surface area contributed by atoms with Crippen LogP contribution < -0.4 is 0 Å². The van der Waals surface area contributed by atoms with E-state index in [2.05, 4.69) is 6.07 Å². The predicted molar refractivity (Wildman–Crippen MR) is 138 cm³/mol. The lowest BCUT2D eigenvalue weighted by molar-refractivity contribution is -0.126. The molecule has 1 amide bonds. The van der Waals surface area contributed by atoms with E-state index in [0.29, 0.717) is 6.42 Å². The molecule has 2 bridgehead atoms. The standard InChI is InChI=1S/C27H32N2O5S2/c1-27(2,3)34-26(31)29-20-8-5-19(15-20)25(29)23(30)14-17(16-28)13-21-9-12-24(35-21)18-6-10-22(11-7-18)36(4,32)33/h6-7,9-12,17,19-20,25H,5,8,13-15H2,1-4H3/t17-,19+,20-,25+/m1/s1. The molecule has 2 aliphatic rings. The van der Waals surface area contributed by atoms with Crippen LogP contribution in [-0.2, 0) is 25.8 Å². The van der Waals surface area contributed by atoms with Gasteiger partial charge in [-0.25, -0.2) is 13.2 Å². The van der Waals surface area contributed by atoms with Crippen LogP contribution in [0, 0.1) is 23.2 Å². The lowest BCUT2D eigenvalue weighted by Crippen LogP contribution is -2.51. The molecular formula is C27H32N2O5S2. The Kier molecular flexibility index (Phi) is 7.31. The van der Waals surface area contributed by atoms with Gasteiger partial charge in [-0.2, -0.15) is 5.26 Å². The molecule has 0 N–H and O–H groups in total. The molecule has 4 rings (SSSR count). The number of rotatable bonds is 7. The van der Waals surface area contributed by atoms with Crippen molar-refractivity contribution in [3.8, 4) is 16.5 Å². The second-order valence-electron chi connectivity index (χ2n) is 10.8. The third-order valence-corrected chi connectivity index (χ3v) is 9.11. The summed E-state index contributed by atoms with van der Waals surface area (Å²) < 4.78 is 29.0. The molecular weight excluding hydrogens is 496 g/mol. The molecule has 1 aliphatic carbocycles. The van der Waals surface area contributed by atoms with E-state index < -0.39 is 33.5 Å². The van der Waals surface area contributed by atoms with Crippen molar-refractivity contribution < 1.29 is 22.7 Å². The summed E-state index contributed by atoms with van der Waals surface area (Å²) in [5.74, 6) is -0.415. The quantitative estimate of drug-likeness (QED) is 0.486. The van der Waals surface area contributed by atoms with Crippen molar-refractivity contribution in [3.05, 3.63) is 41.3 Å². The predicted octanol–water partition coefficient (Wildman–Crippen LogP) is 5.25. The van der Waals surface area contributed by atoms with Crippen LogP contribution in [0.25, 0.3) is 10.4 Å². The Balaban J connectivity index is 1.43. The molecule has 1 aromatic heterocycles. The second-order valence-corrected chi connectivity index (χ2v) is 14.0. The highest BCUT2D eigenvalue weighted by atomic mass is 32.2. The molecule has 0 unspecified atom stereocenters. The van der Waals surface area contributed by atoms with Crippen molar-refractivity contribution in [1.82, 2.24) is 4.90 Å². The number of piperidine rings is 1. The van der Waals surface area contributed by atoms with Gasteiger partial charge in [-0.05, 0) is 82.2 Å². The van der Waals surface area contributed by atoms with E-state index in [1.807, 2.05) is 32.9 Å². The van der Waals surface area contributed by atoms with Crippen LogP contribution in [-0.4, -0.2) is 49.1 Å². The molecule has 192 valence electrons. The minimum Gasteiger partial charge on any atom is -0.444 e. The summed E-state index contributed by atoms with van der Waals surface area (Å²) in [7, 11) is -3.25. The average Bonchev–Trinajstić information content (AvgIpc) is 3.53. The number of fused-ring (bicyclic) bond motifs is 2. The van der Waals surface area contributed by atoms with Gasteiger partial charge in [0.2, 0.25) is 0 Å². The van der Waals surface area contributed by atoms with Gasteiger partial charge in [0.25, 0.3) is 0 Å². The van der Waals surface area contributed by atoms with E-state index in [9.17, 15) is 23.3 Å². The average molecular weight is 529 g/mol. The number of benzene rings is 1. The topological polar surface area (TPSA) is 105 Å². The summed E-state index contributed by atoms with van der Waals surface area (Å²) in [5, 5.41) is 9.81. The number of nitrogens with zero attached hydrogens (tertiary/aromatic N) is 2. The van der Waals surface area contributed by atoms with Gasteiger partial charge in [0, 0.05) is 28.5 Å². The number of thiophene rings is 1. The summed E-state index contributed by atoms with van der Waals surface area (Å²) in [4.78, 5) is 30.1. The minimum atomic E-state index is -3.25. The van der Waals surface area contributed by atoms with Gasteiger partial charge in [0.1, 0.15) is 5.60 Å². The van der Waals surface area contributed by atoms with Crippen molar-refractivity contribution >= 4 is 33.1 Å². The number of ether oxygens (including phenoxy) is 1. The molecule has 0 radical (unpaired) electrons. The smallest absolute Gasteiger partial charge is 0.411 e. The molecule has 1 saturated carbocycles. The van der Waals surface area contributed by atoms with Crippen molar-refractivity contribution in [1.29, 1.82) is 5.26 Å². The highest BCUT2D eigenvalue weighted by Gasteiger charge is 2.52. The van der Waals surface area contributed by atoms with E-state index in [4.69, 9.17) is 4.74 Å². The van der Waals surface area contributed by atoms with Crippen LogP contribution in [0.3, 0.4) is 0 Å². The zero-order valence-electron chi connectivity index (χ0n) is 21.1. The first kappa shape index (κ1) is 26.4. The van der Waals surface area contributed by atoms with Gasteiger partial charge in [-0.1, -0.05) is 12.1 Å². The largest absolute Gasteiger partial charge is 0.444 e. The van der Waals surface area contributed by atoms with Crippen LogP contribution >= 0.6 is 11.3 Å².